The van der Waals surface area contributed by atoms with Gasteiger partial charge in [-0.2, -0.15) is 5.10 Å². The molecule has 7 heteroatoms. The van der Waals surface area contributed by atoms with Crippen LogP contribution < -0.4 is 15.8 Å². The van der Waals surface area contributed by atoms with Crippen molar-refractivity contribution in [3.63, 3.8) is 0 Å². The molecule has 1 aromatic heterocycles. The number of hydrogen-bond acceptors (Lipinski definition) is 4. The fourth-order valence-corrected chi connectivity index (χ4v) is 4.06. The van der Waals surface area contributed by atoms with E-state index in [1.165, 1.54) is 11.1 Å². The lowest BCUT2D eigenvalue weighted by atomic mass is 10.00. The topological polar surface area (TPSA) is 67.2 Å². The van der Waals surface area contributed by atoms with E-state index in [9.17, 15) is 9.59 Å². The summed E-state index contributed by atoms with van der Waals surface area (Å²) in [6.45, 7) is 4.29. The summed E-state index contributed by atoms with van der Waals surface area (Å²) < 4.78 is 1.29. The number of anilines is 1. The van der Waals surface area contributed by atoms with Crippen LogP contribution in [0.1, 0.15) is 25.3 Å². The van der Waals surface area contributed by atoms with Gasteiger partial charge in [0.15, 0.2) is 5.82 Å². The number of carbonyl (C=O) groups is 1. The van der Waals surface area contributed by atoms with E-state index in [2.05, 4.69) is 22.2 Å². The number of hydrogen-bond donors (Lipinski definition) is 1. The third-order valence-corrected chi connectivity index (χ3v) is 5.75. The zero-order chi connectivity index (χ0) is 21.1. The summed E-state index contributed by atoms with van der Waals surface area (Å²) >= 11 is 5.90. The number of amides is 1. The quantitative estimate of drug-likeness (QED) is 0.679. The maximum Gasteiger partial charge on any atom is 0.275 e. The molecule has 1 amide bonds. The van der Waals surface area contributed by atoms with E-state index in [0.29, 0.717) is 22.9 Å². The Kier molecular flexibility index (Phi) is 6.04. The third kappa shape index (κ3) is 4.49. The Morgan fingerprint density at radius 3 is 2.63 bits per heavy atom. The van der Waals surface area contributed by atoms with Crippen LogP contribution in [0.25, 0.3) is 10.8 Å². The average molecular weight is 425 g/mol. The van der Waals surface area contributed by atoms with Crippen molar-refractivity contribution in [1.82, 2.24) is 15.1 Å². The molecule has 156 valence electrons. The first kappa shape index (κ1) is 20.4. The first-order valence-electron chi connectivity index (χ1n) is 10.3. The van der Waals surface area contributed by atoms with E-state index in [4.69, 9.17) is 11.6 Å². The first-order chi connectivity index (χ1) is 14.5. The third-order valence-electron chi connectivity index (χ3n) is 5.50. The van der Waals surface area contributed by atoms with Gasteiger partial charge in [0.2, 0.25) is 5.91 Å². The van der Waals surface area contributed by atoms with E-state index >= 15 is 0 Å². The number of nitrogens with one attached hydrogen (secondary N) is 1. The monoisotopic (exact) mass is 424 g/mol. The molecule has 1 atom stereocenters. The molecule has 0 radical (unpaired) electrons. The van der Waals surface area contributed by atoms with E-state index in [0.717, 1.165) is 36.3 Å². The van der Waals surface area contributed by atoms with Crippen LogP contribution in [0, 0.1) is 5.92 Å². The van der Waals surface area contributed by atoms with Gasteiger partial charge >= 0.3 is 0 Å². The van der Waals surface area contributed by atoms with Crippen LogP contribution in [0.4, 0.5) is 5.82 Å². The molecule has 3 aromatic rings. The van der Waals surface area contributed by atoms with Crippen molar-refractivity contribution >= 4 is 34.1 Å². The predicted octanol–water partition coefficient (Wildman–Crippen LogP) is 3.60. The largest absolute Gasteiger partial charge is 0.354 e. The van der Waals surface area contributed by atoms with E-state index in [-0.39, 0.29) is 18.0 Å². The van der Waals surface area contributed by atoms with Crippen LogP contribution in [0.15, 0.2) is 53.3 Å². The van der Waals surface area contributed by atoms with Gasteiger partial charge in [-0.25, -0.2) is 4.68 Å². The standard InChI is InChI=1S/C23H25ClN4O2/c1-16-5-4-12-27(14-16)22-19-6-2-3-7-20(19)23(30)28(26-22)15-21(29)25-13-17-8-10-18(24)11-9-17/h2-3,6-11,16H,4-5,12-15H2,1H3,(H,25,29). The predicted molar refractivity (Wildman–Crippen MR) is 120 cm³/mol. The highest BCUT2D eigenvalue weighted by Crippen LogP contribution is 2.26. The first-order valence-corrected chi connectivity index (χ1v) is 10.6. The molecule has 1 unspecified atom stereocenters. The Bertz CT molecular complexity index is 1110. The fourth-order valence-electron chi connectivity index (χ4n) is 3.93. The summed E-state index contributed by atoms with van der Waals surface area (Å²) in [4.78, 5) is 27.7. The van der Waals surface area contributed by atoms with E-state index < -0.39 is 0 Å². The molecule has 1 aliphatic heterocycles. The molecule has 1 aliphatic rings. The van der Waals surface area contributed by atoms with Crippen LogP contribution in [0.3, 0.4) is 0 Å². The number of halogens is 1. The summed E-state index contributed by atoms with van der Waals surface area (Å²) in [5.41, 5.74) is 0.690. The van der Waals surface area contributed by atoms with Gasteiger partial charge in [0.25, 0.3) is 5.56 Å². The minimum atomic E-state index is -0.257. The van der Waals surface area contributed by atoms with Gasteiger partial charge in [-0.05, 0) is 42.5 Å². The molecule has 0 saturated carbocycles. The lowest BCUT2D eigenvalue weighted by Crippen LogP contribution is -2.38. The van der Waals surface area contributed by atoms with Gasteiger partial charge in [0.05, 0.1) is 5.39 Å². The molecule has 0 aliphatic carbocycles. The zero-order valence-corrected chi connectivity index (χ0v) is 17.7. The van der Waals surface area contributed by atoms with Crippen molar-refractivity contribution in [2.24, 2.45) is 5.92 Å². The average Bonchev–Trinajstić information content (AvgIpc) is 2.75. The molecular weight excluding hydrogens is 400 g/mol. The Balaban J connectivity index is 1.58. The second-order valence-corrected chi connectivity index (χ2v) is 8.37. The maximum atomic E-state index is 13.0. The summed E-state index contributed by atoms with van der Waals surface area (Å²) in [6, 6.07) is 14.8. The normalized spacial score (nSPS) is 16.6. The van der Waals surface area contributed by atoms with Crippen molar-refractivity contribution < 1.29 is 4.79 Å². The summed E-state index contributed by atoms with van der Waals surface area (Å²) in [7, 11) is 0. The maximum absolute atomic E-state index is 13.0. The van der Waals surface area contributed by atoms with E-state index in [1.54, 1.807) is 18.2 Å². The fraction of sp³-hybridized carbons (Fsp3) is 0.348. The minimum absolute atomic E-state index is 0.117. The molecule has 1 N–H and O–H groups in total. The molecule has 6 nitrogen and oxygen atoms in total. The Hall–Kier alpha value is -2.86. The van der Waals surface area contributed by atoms with Crippen molar-refractivity contribution in [2.45, 2.75) is 32.9 Å². The lowest BCUT2D eigenvalue weighted by molar-refractivity contribution is -0.122. The van der Waals surface area contributed by atoms with Crippen molar-refractivity contribution in [2.75, 3.05) is 18.0 Å². The molecule has 30 heavy (non-hydrogen) atoms. The number of nitrogens with zero attached hydrogens (tertiary/aromatic N) is 3. The second kappa shape index (κ2) is 8.88. The Morgan fingerprint density at radius 1 is 1.17 bits per heavy atom. The Morgan fingerprint density at radius 2 is 1.90 bits per heavy atom. The van der Waals surface area contributed by atoms with Crippen LogP contribution in [-0.2, 0) is 17.9 Å². The minimum Gasteiger partial charge on any atom is -0.354 e. The van der Waals surface area contributed by atoms with Crippen molar-refractivity contribution in [3.05, 3.63) is 69.5 Å². The Labute approximate surface area is 180 Å². The second-order valence-electron chi connectivity index (χ2n) is 7.93. The van der Waals surface area contributed by atoms with Crippen LogP contribution in [0.2, 0.25) is 5.02 Å². The van der Waals surface area contributed by atoms with Crippen LogP contribution in [0.5, 0.6) is 0 Å². The number of benzene rings is 2. The highest BCUT2D eigenvalue weighted by Gasteiger charge is 2.22. The molecule has 0 bridgehead atoms. The number of rotatable bonds is 5. The molecule has 0 spiro atoms. The van der Waals surface area contributed by atoms with E-state index in [1.807, 2.05) is 30.3 Å². The molecule has 4 rings (SSSR count). The van der Waals surface area contributed by atoms with Crippen molar-refractivity contribution in [3.8, 4) is 0 Å². The zero-order valence-electron chi connectivity index (χ0n) is 17.0. The number of piperidine rings is 1. The molecule has 2 aromatic carbocycles. The molecular formula is C23H25ClN4O2. The molecule has 1 saturated heterocycles. The summed E-state index contributed by atoms with van der Waals surface area (Å²) in [5, 5.41) is 9.55. The van der Waals surface area contributed by atoms with Gasteiger partial charge in [0, 0.05) is 30.0 Å². The highest BCUT2D eigenvalue weighted by atomic mass is 35.5. The van der Waals surface area contributed by atoms with Gasteiger partial charge in [-0.15, -0.1) is 0 Å². The number of fused-ring (bicyclic) bond motifs is 1. The molecule has 1 fully saturated rings. The molecule has 2 heterocycles. The van der Waals surface area contributed by atoms with Gasteiger partial charge in [0.1, 0.15) is 6.54 Å². The van der Waals surface area contributed by atoms with Crippen LogP contribution in [-0.4, -0.2) is 28.8 Å². The number of aromatic nitrogens is 2. The smallest absolute Gasteiger partial charge is 0.275 e. The lowest BCUT2D eigenvalue weighted by Gasteiger charge is -2.32. The summed E-state index contributed by atoms with van der Waals surface area (Å²) in [6.07, 6.45) is 2.29. The SMILES string of the molecule is CC1CCCN(c2nn(CC(=O)NCc3ccc(Cl)cc3)c(=O)c3ccccc23)C1. The number of carbonyl (C=O) groups excluding carboxylic acids is 1. The summed E-state index contributed by atoms with van der Waals surface area (Å²) in [5.74, 6) is 1.09. The van der Waals surface area contributed by atoms with Gasteiger partial charge < -0.3 is 10.2 Å². The van der Waals surface area contributed by atoms with Gasteiger partial charge in [-0.1, -0.05) is 48.9 Å². The van der Waals surface area contributed by atoms with Gasteiger partial charge in [-0.3, -0.25) is 9.59 Å². The highest BCUT2D eigenvalue weighted by molar-refractivity contribution is 6.30. The van der Waals surface area contributed by atoms with Crippen molar-refractivity contribution in [1.29, 1.82) is 0 Å². The van der Waals surface area contributed by atoms with Crippen LogP contribution >= 0.6 is 11.6 Å².